The predicted octanol–water partition coefficient (Wildman–Crippen LogP) is 2.48. The van der Waals surface area contributed by atoms with E-state index < -0.39 is 34.6 Å². The summed E-state index contributed by atoms with van der Waals surface area (Å²) in [4.78, 5) is 28.4. The van der Waals surface area contributed by atoms with Gasteiger partial charge in [0.2, 0.25) is 11.8 Å². The van der Waals surface area contributed by atoms with Crippen LogP contribution in [0.5, 0.6) is 0 Å². The van der Waals surface area contributed by atoms with E-state index in [1.807, 2.05) is 30.3 Å². The second-order valence-corrected chi connectivity index (χ2v) is 9.75. The number of rotatable bonds is 13. The highest BCUT2D eigenvalue weighted by Gasteiger charge is 2.54. The average Bonchev–Trinajstić information content (AvgIpc) is 3.64. The molecule has 2 unspecified atom stereocenters. The van der Waals surface area contributed by atoms with Gasteiger partial charge in [-0.1, -0.05) is 36.4 Å². The molecule has 0 aromatic heterocycles. The number of benzene rings is 2. The molecular weight excluding hydrogens is 484 g/mol. The largest absolute Gasteiger partial charge is 0.396 e. The molecule has 10 heteroatoms. The van der Waals surface area contributed by atoms with Gasteiger partial charge in [-0.2, -0.15) is 0 Å². The SMILES string of the molecule is O=C(NO)[C@H](CCNC1(c2ccc(F)c(F)c2)CO1)C1(CCCO)CCN(CCc2ccccc2)C1=O. The highest BCUT2D eigenvalue weighted by atomic mass is 19.2. The molecule has 2 aromatic carbocycles. The number of carbonyl (C=O) groups is 2. The first-order valence-electron chi connectivity index (χ1n) is 12.6. The number of carbonyl (C=O) groups excluding carboxylic acids is 2. The number of hydroxylamine groups is 1. The van der Waals surface area contributed by atoms with Crippen molar-refractivity contribution in [3.05, 3.63) is 71.3 Å². The number of halogens is 2. The lowest BCUT2D eigenvalue weighted by Crippen LogP contribution is -2.48. The second-order valence-electron chi connectivity index (χ2n) is 9.75. The molecule has 4 rings (SSSR count). The number of nitrogens with zero attached hydrogens (tertiary/aromatic N) is 1. The van der Waals surface area contributed by atoms with Gasteiger partial charge in [0.15, 0.2) is 17.4 Å². The number of epoxide rings is 1. The molecule has 0 radical (unpaired) electrons. The third-order valence-electron chi connectivity index (χ3n) is 7.59. The summed E-state index contributed by atoms with van der Waals surface area (Å²) < 4.78 is 32.6. The molecule has 2 heterocycles. The molecule has 37 heavy (non-hydrogen) atoms. The molecule has 0 bridgehead atoms. The second kappa shape index (κ2) is 11.6. The monoisotopic (exact) mass is 517 g/mol. The van der Waals surface area contributed by atoms with Crippen LogP contribution < -0.4 is 10.8 Å². The fraction of sp³-hybridized carbons (Fsp3) is 0.481. The first-order chi connectivity index (χ1) is 17.8. The van der Waals surface area contributed by atoms with Crippen molar-refractivity contribution in [1.29, 1.82) is 0 Å². The van der Waals surface area contributed by atoms with E-state index in [-0.39, 0.29) is 32.1 Å². The smallest absolute Gasteiger partial charge is 0.247 e. The van der Waals surface area contributed by atoms with Crippen LogP contribution in [0.15, 0.2) is 48.5 Å². The van der Waals surface area contributed by atoms with E-state index in [0.29, 0.717) is 44.3 Å². The standard InChI is InChI=1S/C27H33F2N3O5/c28-22-8-7-20(17-23(22)29)27(18-37-27)30-13-9-21(24(34)31-36)26(11-4-16-33)12-15-32(25(26)35)14-10-19-5-2-1-3-6-19/h1-3,5-8,17,21,30,33,36H,4,9-16,18H2,(H,31,34)/t21-,26?,27?/m0/s1. The number of hydrogen-bond acceptors (Lipinski definition) is 6. The summed E-state index contributed by atoms with van der Waals surface area (Å²) in [6.07, 6.45) is 1.92. The summed E-state index contributed by atoms with van der Waals surface area (Å²) in [7, 11) is 0. The topological polar surface area (TPSA) is 114 Å². The summed E-state index contributed by atoms with van der Waals surface area (Å²) >= 11 is 0. The number of ether oxygens (including phenoxy) is 1. The number of nitrogens with one attached hydrogen (secondary N) is 2. The van der Waals surface area contributed by atoms with Gasteiger partial charge >= 0.3 is 0 Å². The Labute approximate surface area is 214 Å². The third-order valence-corrected chi connectivity index (χ3v) is 7.59. The molecule has 2 fully saturated rings. The molecule has 2 saturated heterocycles. The van der Waals surface area contributed by atoms with Crippen molar-refractivity contribution in [2.24, 2.45) is 11.3 Å². The molecular formula is C27H33F2N3O5. The highest BCUT2D eigenvalue weighted by Crippen LogP contribution is 2.45. The molecule has 8 nitrogen and oxygen atoms in total. The van der Waals surface area contributed by atoms with E-state index in [9.17, 15) is 28.7 Å². The van der Waals surface area contributed by atoms with Gasteiger partial charge in [-0.15, -0.1) is 0 Å². The first-order valence-corrected chi connectivity index (χ1v) is 12.6. The summed E-state index contributed by atoms with van der Waals surface area (Å²) in [5.74, 6) is -3.64. The molecule has 2 aromatic rings. The number of hydrogen-bond donors (Lipinski definition) is 4. The van der Waals surface area contributed by atoms with E-state index >= 15 is 0 Å². The Morgan fingerprint density at radius 2 is 1.92 bits per heavy atom. The van der Waals surface area contributed by atoms with Gasteiger partial charge in [-0.3, -0.25) is 20.1 Å². The molecule has 0 saturated carbocycles. The maximum atomic E-state index is 13.8. The molecule has 0 aliphatic carbocycles. The van der Waals surface area contributed by atoms with E-state index in [2.05, 4.69) is 5.32 Å². The zero-order chi connectivity index (χ0) is 26.5. The van der Waals surface area contributed by atoms with Crippen LogP contribution in [-0.2, 0) is 26.5 Å². The van der Waals surface area contributed by atoms with E-state index in [1.165, 1.54) is 6.07 Å². The summed E-state index contributed by atoms with van der Waals surface area (Å²) in [6, 6.07) is 13.3. The first kappa shape index (κ1) is 27.1. The van der Waals surface area contributed by atoms with Crippen LogP contribution in [0.3, 0.4) is 0 Å². The van der Waals surface area contributed by atoms with Crippen LogP contribution in [-0.4, -0.2) is 59.9 Å². The average molecular weight is 518 g/mol. The van der Waals surface area contributed by atoms with Gasteiger partial charge in [0, 0.05) is 25.3 Å². The number of likely N-dealkylation sites (tertiary alicyclic amines) is 1. The summed E-state index contributed by atoms with van der Waals surface area (Å²) in [5.41, 5.74) is 1.18. The van der Waals surface area contributed by atoms with Crippen molar-refractivity contribution in [2.45, 2.75) is 37.8 Å². The van der Waals surface area contributed by atoms with Gasteiger partial charge in [0.25, 0.3) is 0 Å². The minimum Gasteiger partial charge on any atom is -0.396 e. The quantitative estimate of drug-likeness (QED) is 0.184. The van der Waals surface area contributed by atoms with Gasteiger partial charge in [-0.05, 0) is 56.3 Å². The van der Waals surface area contributed by atoms with Crippen LogP contribution in [0, 0.1) is 23.0 Å². The lowest BCUT2D eigenvalue weighted by Gasteiger charge is -2.35. The van der Waals surface area contributed by atoms with Crippen molar-refractivity contribution in [3.63, 3.8) is 0 Å². The maximum Gasteiger partial charge on any atom is 0.247 e. The van der Waals surface area contributed by atoms with Gasteiger partial charge in [-0.25, -0.2) is 14.3 Å². The lowest BCUT2D eigenvalue weighted by molar-refractivity contribution is -0.149. The molecule has 2 aliphatic rings. The van der Waals surface area contributed by atoms with E-state index in [1.54, 1.807) is 10.4 Å². The van der Waals surface area contributed by atoms with Crippen LogP contribution >= 0.6 is 0 Å². The van der Waals surface area contributed by atoms with Crippen molar-refractivity contribution in [1.82, 2.24) is 15.7 Å². The molecule has 2 amide bonds. The van der Waals surface area contributed by atoms with Crippen molar-refractivity contribution >= 4 is 11.8 Å². The van der Waals surface area contributed by atoms with Gasteiger partial charge in [0.1, 0.15) is 0 Å². The van der Waals surface area contributed by atoms with Crippen molar-refractivity contribution in [2.75, 3.05) is 32.8 Å². The molecule has 0 spiro atoms. The van der Waals surface area contributed by atoms with Crippen molar-refractivity contribution in [3.8, 4) is 0 Å². The molecule has 200 valence electrons. The Bertz CT molecular complexity index is 1100. The van der Waals surface area contributed by atoms with E-state index in [4.69, 9.17) is 4.74 Å². The normalized spacial score (nSPS) is 23.8. The molecule has 2 aliphatic heterocycles. The zero-order valence-corrected chi connectivity index (χ0v) is 20.6. The Balaban J connectivity index is 1.47. The third kappa shape index (κ3) is 5.82. The van der Waals surface area contributed by atoms with Crippen LogP contribution in [0.4, 0.5) is 8.78 Å². The minimum absolute atomic E-state index is 0.127. The lowest BCUT2D eigenvalue weighted by atomic mass is 9.69. The van der Waals surface area contributed by atoms with Crippen LogP contribution in [0.1, 0.15) is 36.8 Å². The van der Waals surface area contributed by atoms with Crippen LogP contribution in [0.25, 0.3) is 0 Å². The summed E-state index contributed by atoms with van der Waals surface area (Å²) in [5, 5.41) is 22.2. The van der Waals surface area contributed by atoms with Crippen molar-refractivity contribution < 1.29 is 33.4 Å². The maximum absolute atomic E-state index is 13.8. The van der Waals surface area contributed by atoms with Gasteiger partial charge < -0.3 is 14.7 Å². The van der Waals surface area contributed by atoms with Crippen LogP contribution in [0.2, 0.25) is 0 Å². The highest BCUT2D eigenvalue weighted by molar-refractivity contribution is 5.91. The minimum atomic E-state index is -1.08. The number of aliphatic hydroxyl groups excluding tert-OH is 1. The Morgan fingerprint density at radius 1 is 1.16 bits per heavy atom. The number of aliphatic hydroxyl groups is 1. The zero-order valence-electron chi connectivity index (χ0n) is 20.6. The Morgan fingerprint density at radius 3 is 2.57 bits per heavy atom. The summed E-state index contributed by atoms with van der Waals surface area (Å²) in [6.45, 7) is 1.31. The Hall–Kier alpha value is -2.92. The fourth-order valence-corrected chi connectivity index (χ4v) is 5.45. The predicted molar refractivity (Wildman–Crippen MR) is 130 cm³/mol. The van der Waals surface area contributed by atoms with E-state index in [0.717, 1.165) is 17.7 Å². The fourth-order valence-electron chi connectivity index (χ4n) is 5.45. The van der Waals surface area contributed by atoms with Gasteiger partial charge in [0.05, 0.1) is 17.9 Å². The molecule has 3 atom stereocenters. The molecule has 4 N–H and O–H groups in total. The number of amides is 2. The Kier molecular flexibility index (Phi) is 8.53.